The monoisotopic (exact) mass is 300 g/mol. The van der Waals surface area contributed by atoms with Crippen molar-refractivity contribution in [3.05, 3.63) is 53.8 Å². The van der Waals surface area contributed by atoms with Gasteiger partial charge in [-0.25, -0.2) is 4.39 Å². The van der Waals surface area contributed by atoms with Gasteiger partial charge in [0, 0.05) is 6.07 Å². The van der Waals surface area contributed by atoms with Gasteiger partial charge in [-0.05, 0) is 35.0 Å². The number of benzene rings is 2. The topological polar surface area (TPSA) is 72.9 Å². The van der Waals surface area contributed by atoms with E-state index in [-0.39, 0.29) is 11.4 Å². The molecule has 3 rings (SSSR count). The lowest BCUT2D eigenvalue weighted by molar-refractivity contribution is 0.304. The smallest absolute Gasteiger partial charge is 0.207 e. The number of methoxy groups -OCH3 is 1. The summed E-state index contributed by atoms with van der Waals surface area (Å²) in [6, 6.07) is 12.0. The van der Waals surface area contributed by atoms with Crippen molar-refractivity contribution in [2.45, 2.75) is 6.61 Å². The molecule has 3 aromatic rings. The van der Waals surface area contributed by atoms with Crippen LogP contribution in [0.4, 0.5) is 4.39 Å². The van der Waals surface area contributed by atoms with Gasteiger partial charge in [0.05, 0.1) is 12.7 Å². The number of tetrazole rings is 1. The summed E-state index contributed by atoms with van der Waals surface area (Å²) in [5.74, 6) is 0.952. The molecule has 112 valence electrons. The van der Waals surface area contributed by atoms with E-state index < -0.39 is 5.82 Å². The molecule has 0 atom stereocenters. The fraction of sp³-hybridized carbons (Fsp3) is 0.133. The highest BCUT2D eigenvalue weighted by atomic mass is 19.1. The lowest BCUT2D eigenvalue weighted by Gasteiger charge is -2.08. The standard InChI is InChI=1S/C15H13FN4O2/c1-21-11-4-2-10(3-5-11)9-22-12-6-7-13(14(16)8-12)15-17-19-20-18-15/h2-8H,9H2,1H3,(H,17,18,19,20). The number of halogens is 1. The molecule has 0 saturated carbocycles. The van der Waals surface area contributed by atoms with Crippen LogP contribution in [0.25, 0.3) is 11.4 Å². The average Bonchev–Trinajstić information content (AvgIpc) is 3.07. The molecule has 0 aliphatic rings. The van der Waals surface area contributed by atoms with Crippen molar-refractivity contribution < 1.29 is 13.9 Å². The van der Waals surface area contributed by atoms with Crippen LogP contribution in [-0.2, 0) is 6.61 Å². The van der Waals surface area contributed by atoms with Crippen molar-refractivity contribution >= 4 is 0 Å². The first-order valence-electron chi connectivity index (χ1n) is 6.55. The van der Waals surface area contributed by atoms with Gasteiger partial charge in [0.15, 0.2) is 0 Å². The van der Waals surface area contributed by atoms with E-state index in [9.17, 15) is 4.39 Å². The van der Waals surface area contributed by atoms with Gasteiger partial charge in [-0.1, -0.05) is 12.1 Å². The van der Waals surface area contributed by atoms with E-state index in [4.69, 9.17) is 9.47 Å². The van der Waals surface area contributed by atoms with E-state index in [0.717, 1.165) is 11.3 Å². The molecule has 0 radical (unpaired) electrons. The maximum absolute atomic E-state index is 14.0. The minimum Gasteiger partial charge on any atom is -0.497 e. The van der Waals surface area contributed by atoms with Crippen molar-refractivity contribution in [3.8, 4) is 22.9 Å². The molecule has 0 bridgehead atoms. The zero-order valence-electron chi connectivity index (χ0n) is 11.8. The first kappa shape index (κ1) is 14.0. The Kier molecular flexibility index (Phi) is 3.95. The Morgan fingerprint density at radius 1 is 1.09 bits per heavy atom. The number of H-pyrrole nitrogens is 1. The highest BCUT2D eigenvalue weighted by molar-refractivity contribution is 5.56. The molecule has 0 spiro atoms. The van der Waals surface area contributed by atoms with Crippen LogP contribution in [0.5, 0.6) is 11.5 Å². The van der Waals surface area contributed by atoms with Gasteiger partial charge in [-0.15, -0.1) is 10.2 Å². The number of aromatic nitrogens is 4. The first-order chi connectivity index (χ1) is 10.8. The van der Waals surface area contributed by atoms with E-state index in [2.05, 4.69) is 20.6 Å². The summed E-state index contributed by atoms with van der Waals surface area (Å²) in [5, 5.41) is 13.2. The number of nitrogens with one attached hydrogen (secondary N) is 1. The Labute approximate surface area is 125 Å². The van der Waals surface area contributed by atoms with Crippen molar-refractivity contribution in [1.82, 2.24) is 20.6 Å². The third-order valence-electron chi connectivity index (χ3n) is 3.09. The van der Waals surface area contributed by atoms with E-state index in [1.54, 1.807) is 19.2 Å². The molecular formula is C15H13FN4O2. The lowest BCUT2D eigenvalue weighted by Crippen LogP contribution is -1.97. The van der Waals surface area contributed by atoms with Crippen LogP contribution in [0.2, 0.25) is 0 Å². The second-order valence-electron chi connectivity index (χ2n) is 4.51. The number of hydrogen-bond acceptors (Lipinski definition) is 5. The molecule has 1 heterocycles. The third kappa shape index (κ3) is 3.03. The van der Waals surface area contributed by atoms with E-state index in [0.29, 0.717) is 12.4 Å². The van der Waals surface area contributed by atoms with Gasteiger partial charge in [-0.3, -0.25) is 0 Å². The fourth-order valence-corrected chi connectivity index (χ4v) is 1.93. The van der Waals surface area contributed by atoms with Crippen molar-refractivity contribution in [2.24, 2.45) is 0 Å². The Bertz CT molecular complexity index is 745. The van der Waals surface area contributed by atoms with Crippen LogP contribution in [0.3, 0.4) is 0 Å². The summed E-state index contributed by atoms with van der Waals surface area (Å²) in [6.45, 7) is 0.338. The summed E-state index contributed by atoms with van der Waals surface area (Å²) >= 11 is 0. The Morgan fingerprint density at radius 2 is 1.86 bits per heavy atom. The fourth-order valence-electron chi connectivity index (χ4n) is 1.93. The minimum atomic E-state index is -0.464. The molecule has 0 aliphatic heterocycles. The predicted molar refractivity (Wildman–Crippen MR) is 76.9 cm³/mol. The summed E-state index contributed by atoms with van der Waals surface area (Å²) in [5.41, 5.74) is 1.23. The molecule has 0 unspecified atom stereocenters. The zero-order chi connectivity index (χ0) is 15.4. The molecule has 1 N–H and O–H groups in total. The second kappa shape index (κ2) is 6.21. The maximum Gasteiger partial charge on any atom is 0.207 e. The van der Waals surface area contributed by atoms with Crippen LogP contribution in [0.1, 0.15) is 5.56 Å². The number of ether oxygens (including phenoxy) is 2. The van der Waals surface area contributed by atoms with Crippen LogP contribution in [0.15, 0.2) is 42.5 Å². The summed E-state index contributed by atoms with van der Waals surface area (Å²) in [6.07, 6.45) is 0. The number of aromatic amines is 1. The summed E-state index contributed by atoms with van der Waals surface area (Å²) in [7, 11) is 1.61. The van der Waals surface area contributed by atoms with Gasteiger partial charge in [0.1, 0.15) is 23.9 Å². The van der Waals surface area contributed by atoms with Crippen LogP contribution in [-0.4, -0.2) is 27.7 Å². The molecule has 22 heavy (non-hydrogen) atoms. The molecule has 0 amide bonds. The third-order valence-corrected chi connectivity index (χ3v) is 3.09. The highest BCUT2D eigenvalue weighted by Gasteiger charge is 2.10. The van der Waals surface area contributed by atoms with E-state index in [1.165, 1.54) is 6.07 Å². The second-order valence-corrected chi connectivity index (χ2v) is 4.51. The van der Waals surface area contributed by atoms with Crippen molar-refractivity contribution in [2.75, 3.05) is 7.11 Å². The normalized spacial score (nSPS) is 10.5. The van der Waals surface area contributed by atoms with Gasteiger partial charge >= 0.3 is 0 Å². The van der Waals surface area contributed by atoms with Gasteiger partial charge < -0.3 is 9.47 Å². The predicted octanol–water partition coefficient (Wildman–Crippen LogP) is 2.59. The molecule has 0 saturated heterocycles. The lowest BCUT2D eigenvalue weighted by atomic mass is 10.2. The van der Waals surface area contributed by atoms with E-state index in [1.807, 2.05) is 24.3 Å². The molecule has 1 aromatic heterocycles. The van der Waals surface area contributed by atoms with Crippen LogP contribution >= 0.6 is 0 Å². The number of nitrogens with zero attached hydrogens (tertiary/aromatic N) is 3. The van der Waals surface area contributed by atoms with Crippen LogP contribution in [0, 0.1) is 5.82 Å². The molecule has 2 aromatic carbocycles. The highest BCUT2D eigenvalue weighted by Crippen LogP contribution is 2.23. The number of rotatable bonds is 5. The van der Waals surface area contributed by atoms with E-state index >= 15 is 0 Å². The Morgan fingerprint density at radius 3 is 2.50 bits per heavy atom. The van der Waals surface area contributed by atoms with Crippen molar-refractivity contribution in [3.63, 3.8) is 0 Å². The maximum atomic E-state index is 14.0. The average molecular weight is 300 g/mol. The molecular weight excluding hydrogens is 287 g/mol. The van der Waals surface area contributed by atoms with Crippen LogP contribution < -0.4 is 9.47 Å². The molecule has 0 aliphatic carbocycles. The SMILES string of the molecule is COc1ccc(COc2ccc(-c3nn[nH]n3)c(F)c2)cc1. The first-order valence-corrected chi connectivity index (χ1v) is 6.55. The van der Waals surface area contributed by atoms with Gasteiger partial charge in [0.2, 0.25) is 5.82 Å². The Hall–Kier alpha value is -2.96. The summed E-state index contributed by atoms with van der Waals surface area (Å²) in [4.78, 5) is 0. The zero-order valence-corrected chi connectivity index (χ0v) is 11.8. The quantitative estimate of drug-likeness (QED) is 0.784. The van der Waals surface area contributed by atoms with Gasteiger partial charge in [-0.2, -0.15) is 5.21 Å². The largest absolute Gasteiger partial charge is 0.497 e. The molecule has 6 nitrogen and oxygen atoms in total. The van der Waals surface area contributed by atoms with Gasteiger partial charge in [0.25, 0.3) is 0 Å². The molecule has 0 fully saturated rings. The van der Waals surface area contributed by atoms with Crippen molar-refractivity contribution in [1.29, 1.82) is 0 Å². The molecule has 7 heteroatoms. The minimum absolute atomic E-state index is 0.208. The Balaban J connectivity index is 1.69. The number of hydrogen-bond donors (Lipinski definition) is 1. The summed E-state index contributed by atoms with van der Waals surface area (Å²) < 4.78 is 24.7.